The van der Waals surface area contributed by atoms with Crippen LogP contribution in [0.1, 0.15) is 0 Å². The first-order chi connectivity index (χ1) is 2.81. The van der Waals surface area contributed by atoms with Crippen LogP contribution in [0.25, 0.3) is 0 Å². The van der Waals surface area contributed by atoms with Crippen molar-refractivity contribution in [2.75, 3.05) is 6.67 Å². The first-order valence-electron chi connectivity index (χ1n) is 1.26. The van der Waals surface area contributed by atoms with Crippen molar-refractivity contribution in [1.82, 2.24) is 0 Å². The molecular formula is C2H2FO2Tl. The molecule has 0 saturated heterocycles. The summed E-state index contributed by atoms with van der Waals surface area (Å²) in [5, 5.41) is 0. The molecule has 0 radical (unpaired) electrons. The molecule has 0 unspecified atom stereocenters. The van der Waals surface area contributed by atoms with Crippen LogP contribution in [-0.2, 0) is 7.48 Å². The molecule has 0 saturated carbocycles. The number of alkyl halides is 1. The van der Waals surface area contributed by atoms with Gasteiger partial charge in [0, 0.05) is 0 Å². The molecule has 0 bridgehead atoms. The molecule has 0 spiro atoms. The maximum atomic E-state index is 10.9. The van der Waals surface area contributed by atoms with Crippen molar-refractivity contribution in [2.45, 2.75) is 0 Å². The Morgan fingerprint density at radius 2 is 2.50 bits per heavy atom. The molecule has 0 aliphatic carbocycles. The van der Waals surface area contributed by atoms with Gasteiger partial charge in [-0.05, 0) is 0 Å². The van der Waals surface area contributed by atoms with E-state index in [1.807, 2.05) is 0 Å². The average Bonchev–Trinajstić information content (AvgIpc) is 1.65. The Kier molecular flexibility index (Phi) is 3.70. The van der Waals surface area contributed by atoms with E-state index in [0.29, 0.717) is 0 Å². The molecular weight excluding hydrogens is 279 g/mol. The van der Waals surface area contributed by atoms with Crippen molar-refractivity contribution in [3.63, 3.8) is 0 Å². The van der Waals surface area contributed by atoms with E-state index in [0.717, 1.165) is 0 Å². The summed E-state index contributed by atoms with van der Waals surface area (Å²) in [6, 6.07) is 0. The van der Waals surface area contributed by atoms with E-state index in [2.05, 4.69) is 2.69 Å². The molecule has 0 N–H and O–H groups in total. The van der Waals surface area contributed by atoms with Gasteiger partial charge in [-0.3, -0.25) is 0 Å². The molecule has 0 fully saturated rings. The van der Waals surface area contributed by atoms with E-state index < -0.39 is 12.6 Å². The van der Waals surface area contributed by atoms with Crippen LogP contribution < -0.4 is 0 Å². The Bertz CT molecular complexity index is 49.5. The molecule has 4 heteroatoms. The summed E-state index contributed by atoms with van der Waals surface area (Å²) < 4.78 is 15.0. The van der Waals surface area contributed by atoms with E-state index in [1.165, 1.54) is 0 Å². The Labute approximate surface area is 51.0 Å². The zero-order valence-electron chi connectivity index (χ0n) is 2.98. The molecule has 0 aliphatic rings. The van der Waals surface area contributed by atoms with Crippen LogP contribution in [0, 0.1) is 0 Å². The third-order valence-corrected chi connectivity index (χ3v) is 1.26. The normalized spacial score (nSPS) is 7.33. The van der Waals surface area contributed by atoms with Gasteiger partial charge in [-0.25, -0.2) is 0 Å². The molecule has 0 aromatic heterocycles. The van der Waals surface area contributed by atoms with Crippen LogP contribution in [0.2, 0.25) is 0 Å². The van der Waals surface area contributed by atoms with Gasteiger partial charge in [0.15, 0.2) is 0 Å². The third-order valence-electron chi connectivity index (χ3n) is 0.241. The second kappa shape index (κ2) is 3.51. The van der Waals surface area contributed by atoms with E-state index in [-0.39, 0.29) is 26.2 Å². The predicted octanol–water partition coefficient (Wildman–Crippen LogP) is -0.417. The topological polar surface area (TPSA) is 26.3 Å². The molecule has 0 amide bonds. The zero-order valence-corrected chi connectivity index (χ0v) is 7.47. The molecule has 0 rings (SSSR count). The van der Waals surface area contributed by atoms with E-state index in [1.54, 1.807) is 0 Å². The number of carbonyl (C=O) groups excluding carboxylic acids is 1. The molecule has 2 nitrogen and oxygen atoms in total. The maximum absolute atomic E-state index is 10.9. The van der Waals surface area contributed by atoms with E-state index in [9.17, 15) is 9.18 Å². The van der Waals surface area contributed by atoms with E-state index in [4.69, 9.17) is 0 Å². The van der Waals surface area contributed by atoms with Gasteiger partial charge in [0.2, 0.25) is 0 Å². The molecule has 0 aliphatic heterocycles. The first-order valence-corrected chi connectivity index (χ1v) is 3.10. The van der Waals surface area contributed by atoms with Crippen LogP contribution >= 0.6 is 0 Å². The van der Waals surface area contributed by atoms with Gasteiger partial charge < -0.3 is 0 Å². The van der Waals surface area contributed by atoms with Crippen LogP contribution in [0.3, 0.4) is 0 Å². The SMILES string of the molecule is O=C(CF)[O][Tl]. The summed E-state index contributed by atoms with van der Waals surface area (Å²) in [6.07, 6.45) is 0. The van der Waals surface area contributed by atoms with Crippen molar-refractivity contribution in [1.29, 1.82) is 0 Å². The molecule has 32 valence electrons. The van der Waals surface area contributed by atoms with Gasteiger partial charge in [-0.15, -0.1) is 0 Å². The molecule has 0 aromatic carbocycles. The fourth-order valence-electron chi connectivity index (χ4n) is 0.0315. The van der Waals surface area contributed by atoms with Crippen molar-refractivity contribution >= 4 is 32.2 Å². The Morgan fingerprint density at radius 3 is 2.50 bits per heavy atom. The van der Waals surface area contributed by atoms with Crippen LogP contribution in [0.15, 0.2) is 0 Å². The van der Waals surface area contributed by atoms with Crippen molar-refractivity contribution < 1.29 is 11.9 Å². The Hall–Kier alpha value is 0.322. The number of hydrogen-bond donors (Lipinski definition) is 0. The Balaban J connectivity index is 2.99. The van der Waals surface area contributed by atoms with Gasteiger partial charge in [-0.2, -0.15) is 0 Å². The number of hydrogen-bond acceptors (Lipinski definition) is 2. The summed E-state index contributed by atoms with van der Waals surface area (Å²) in [7, 11) is 0. The summed E-state index contributed by atoms with van der Waals surface area (Å²) in [6.45, 7) is -0.990. The summed E-state index contributed by atoms with van der Waals surface area (Å²) in [5.41, 5.74) is 0. The number of halogens is 1. The van der Waals surface area contributed by atoms with Crippen molar-refractivity contribution in [2.24, 2.45) is 0 Å². The molecule has 6 heavy (non-hydrogen) atoms. The fourth-order valence-corrected chi connectivity index (χ4v) is 0.276. The van der Waals surface area contributed by atoms with Crippen LogP contribution in [-0.4, -0.2) is 38.9 Å². The van der Waals surface area contributed by atoms with Crippen LogP contribution in [0.4, 0.5) is 4.39 Å². The number of rotatable bonds is 1. The van der Waals surface area contributed by atoms with Crippen LogP contribution in [0.5, 0.6) is 0 Å². The zero-order chi connectivity index (χ0) is 4.99. The van der Waals surface area contributed by atoms with Gasteiger partial charge in [0.25, 0.3) is 0 Å². The van der Waals surface area contributed by atoms with Gasteiger partial charge in [0.05, 0.1) is 0 Å². The predicted molar refractivity (Wildman–Crippen MR) is 17.8 cm³/mol. The third kappa shape index (κ3) is 2.55. The quantitative estimate of drug-likeness (QED) is 0.611. The van der Waals surface area contributed by atoms with Gasteiger partial charge in [0.1, 0.15) is 0 Å². The minimum atomic E-state index is -0.990. The summed E-state index contributed by atoms with van der Waals surface area (Å²) in [4.78, 5) is 9.62. The summed E-state index contributed by atoms with van der Waals surface area (Å²) in [5.74, 6) is -0.750. The van der Waals surface area contributed by atoms with Crippen molar-refractivity contribution in [3.8, 4) is 0 Å². The fraction of sp³-hybridized carbons (Fsp3) is 0.500. The second-order valence-electron chi connectivity index (χ2n) is 0.623. The monoisotopic (exact) mass is 282 g/mol. The Morgan fingerprint density at radius 1 is 2.00 bits per heavy atom. The van der Waals surface area contributed by atoms with Crippen molar-refractivity contribution in [3.05, 3.63) is 0 Å². The summed E-state index contributed by atoms with van der Waals surface area (Å²) >= 11 is 0.123. The number of carbonyl (C=O) groups is 1. The van der Waals surface area contributed by atoms with Gasteiger partial charge in [-0.1, -0.05) is 0 Å². The molecule has 0 heterocycles. The van der Waals surface area contributed by atoms with E-state index >= 15 is 0 Å². The molecule has 0 aromatic rings. The minimum absolute atomic E-state index is 0.123. The second-order valence-corrected chi connectivity index (χ2v) is 1.54. The molecule has 0 atom stereocenters. The average molecular weight is 281 g/mol. The standard InChI is InChI=1S/C2H3FO2.Tl/c3-1-2(4)5;/h1H2,(H,4,5);/q;+1/p-1. The van der Waals surface area contributed by atoms with Gasteiger partial charge >= 0.3 is 50.7 Å². The first kappa shape index (κ1) is 6.32.